The lowest BCUT2D eigenvalue weighted by Crippen LogP contribution is -2.49. The van der Waals surface area contributed by atoms with Gasteiger partial charge in [-0.25, -0.2) is 4.79 Å². The summed E-state index contributed by atoms with van der Waals surface area (Å²) in [5.74, 6) is -1.02. The van der Waals surface area contributed by atoms with Crippen molar-refractivity contribution in [2.45, 2.75) is 52.5 Å². The van der Waals surface area contributed by atoms with Crippen molar-refractivity contribution >= 4 is 12.0 Å². The zero-order valence-electron chi connectivity index (χ0n) is 12.2. The van der Waals surface area contributed by atoms with E-state index in [0.717, 1.165) is 25.8 Å². The number of carboxylic acids is 1. The third-order valence-corrected chi connectivity index (χ3v) is 3.67. The molecule has 19 heavy (non-hydrogen) atoms. The first kappa shape index (κ1) is 15.8. The van der Waals surface area contributed by atoms with Crippen molar-refractivity contribution in [2.75, 3.05) is 13.1 Å². The normalized spacial score (nSPS) is 21.3. The number of likely N-dealkylation sites (tertiary alicyclic amines) is 1. The second-order valence-electron chi connectivity index (χ2n) is 5.89. The fourth-order valence-electron chi connectivity index (χ4n) is 2.55. The molecular weight excluding hydrogens is 244 g/mol. The molecule has 0 spiro atoms. The second-order valence-corrected chi connectivity index (χ2v) is 5.89. The van der Waals surface area contributed by atoms with Gasteiger partial charge in [0.15, 0.2) is 0 Å². The van der Waals surface area contributed by atoms with Gasteiger partial charge in [0.2, 0.25) is 0 Å². The molecule has 0 saturated carbocycles. The van der Waals surface area contributed by atoms with Gasteiger partial charge in [-0.3, -0.25) is 4.79 Å². The Morgan fingerprint density at radius 1 is 1.37 bits per heavy atom. The predicted molar refractivity (Wildman–Crippen MR) is 74.0 cm³/mol. The number of hydrogen-bond donors (Lipinski definition) is 2. The van der Waals surface area contributed by atoms with E-state index >= 15 is 0 Å². The van der Waals surface area contributed by atoms with Crippen molar-refractivity contribution in [1.82, 2.24) is 10.2 Å². The Bertz CT molecular complexity index is 318. The summed E-state index contributed by atoms with van der Waals surface area (Å²) in [7, 11) is 0. The zero-order chi connectivity index (χ0) is 14.4. The van der Waals surface area contributed by atoms with Crippen LogP contribution in [-0.2, 0) is 4.79 Å². The first-order valence-corrected chi connectivity index (χ1v) is 7.19. The van der Waals surface area contributed by atoms with E-state index < -0.39 is 11.9 Å². The van der Waals surface area contributed by atoms with Crippen LogP contribution >= 0.6 is 0 Å². The Balaban J connectivity index is 2.44. The Labute approximate surface area is 115 Å². The average Bonchev–Trinajstić information content (AvgIpc) is 2.34. The standard InChI is InChI=1S/C14H26N2O3/c1-10(2)8-12(13(17)18)9-15-14(19)16-7-5-4-6-11(16)3/h10-12H,4-9H2,1-3H3,(H,15,19)(H,17,18). The summed E-state index contributed by atoms with van der Waals surface area (Å²) in [6.45, 7) is 7.01. The molecule has 0 aromatic rings. The number of rotatable bonds is 5. The Morgan fingerprint density at radius 2 is 2.05 bits per heavy atom. The molecule has 0 bridgehead atoms. The number of carbonyl (C=O) groups is 2. The summed E-state index contributed by atoms with van der Waals surface area (Å²) >= 11 is 0. The SMILES string of the molecule is CC(C)CC(CNC(=O)N1CCCCC1C)C(=O)O. The topological polar surface area (TPSA) is 69.6 Å². The van der Waals surface area contributed by atoms with E-state index in [0.29, 0.717) is 12.3 Å². The number of urea groups is 1. The van der Waals surface area contributed by atoms with Crippen LogP contribution in [0.3, 0.4) is 0 Å². The third kappa shape index (κ3) is 5.09. The van der Waals surface area contributed by atoms with Crippen molar-refractivity contribution in [3.05, 3.63) is 0 Å². The van der Waals surface area contributed by atoms with Crippen LogP contribution in [0.25, 0.3) is 0 Å². The molecule has 1 rings (SSSR count). The highest BCUT2D eigenvalue weighted by Gasteiger charge is 2.25. The lowest BCUT2D eigenvalue weighted by Gasteiger charge is -2.33. The van der Waals surface area contributed by atoms with Crippen LogP contribution < -0.4 is 5.32 Å². The highest BCUT2D eigenvalue weighted by molar-refractivity contribution is 5.76. The van der Waals surface area contributed by atoms with Gasteiger partial charge >= 0.3 is 12.0 Å². The summed E-state index contributed by atoms with van der Waals surface area (Å²) in [5, 5.41) is 11.9. The van der Waals surface area contributed by atoms with Crippen molar-refractivity contribution in [3.8, 4) is 0 Å². The van der Waals surface area contributed by atoms with Gasteiger partial charge in [0.25, 0.3) is 0 Å². The predicted octanol–water partition coefficient (Wildman–Crippen LogP) is 2.32. The van der Waals surface area contributed by atoms with Crippen LogP contribution in [0.2, 0.25) is 0 Å². The molecule has 1 heterocycles. The van der Waals surface area contributed by atoms with Crippen molar-refractivity contribution < 1.29 is 14.7 Å². The maximum Gasteiger partial charge on any atom is 0.317 e. The van der Waals surface area contributed by atoms with Crippen molar-refractivity contribution in [3.63, 3.8) is 0 Å². The van der Waals surface area contributed by atoms with E-state index in [1.807, 2.05) is 25.7 Å². The van der Waals surface area contributed by atoms with Gasteiger partial charge in [-0.05, 0) is 38.5 Å². The van der Waals surface area contributed by atoms with Crippen molar-refractivity contribution in [1.29, 1.82) is 0 Å². The maximum atomic E-state index is 12.0. The highest BCUT2D eigenvalue weighted by Crippen LogP contribution is 2.16. The zero-order valence-corrected chi connectivity index (χ0v) is 12.2. The van der Waals surface area contributed by atoms with Crippen LogP contribution in [0, 0.1) is 11.8 Å². The molecule has 5 heteroatoms. The molecule has 1 saturated heterocycles. The van der Waals surface area contributed by atoms with Gasteiger partial charge < -0.3 is 15.3 Å². The molecule has 110 valence electrons. The van der Waals surface area contributed by atoms with Crippen LogP contribution in [0.4, 0.5) is 4.79 Å². The molecule has 0 aromatic heterocycles. The molecule has 5 nitrogen and oxygen atoms in total. The van der Waals surface area contributed by atoms with E-state index in [1.54, 1.807) is 0 Å². The molecule has 2 N–H and O–H groups in total. The Kier molecular flexibility index (Phi) is 6.12. The van der Waals surface area contributed by atoms with E-state index in [2.05, 4.69) is 5.32 Å². The third-order valence-electron chi connectivity index (χ3n) is 3.67. The summed E-state index contributed by atoms with van der Waals surface area (Å²) in [4.78, 5) is 25.0. The number of piperidine rings is 1. The quantitative estimate of drug-likeness (QED) is 0.805. The van der Waals surface area contributed by atoms with Crippen molar-refractivity contribution in [2.24, 2.45) is 11.8 Å². The molecule has 1 aliphatic rings. The first-order valence-electron chi connectivity index (χ1n) is 7.19. The van der Waals surface area contributed by atoms with E-state index in [9.17, 15) is 9.59 Å². The van der Waals surface area contributed by atoms with Gasteiger partial charge in [-0.15, -0.1) is 0 Å². The van der Waals surface area contributed by atoms with Gasteiger partial charge in [0.05, 0.1) is 5.92 Å². The van der Waals surface area contributed by atoms with E-state index in [4.69, 9.17) is 5.11 Å². The summed E-state index contributed by atoms with van der Waals surface area (Å²) < 4.78 is 0. The maximum absolute atomic E-state index is 12.0. The smallest absolute Gasteiger partial charge is 0.317 e. The van der Waals surface area contributed by atoms with Gasteiger partial charge in [-0.1, -0.05) is 13.8 Å². The number of nitrogens with zero attached hydrogens (tertiary/aromatic N) is 1. The van der Waals surface area contributed by atoms with Crippen LogP contribution in [0.1, 0.15) is 46.5 Å². The summed E-state index contributed by atoms with van der Waals surface area (Å²) in [6.07, 6.45) is 3.81. The molecule has 0 aliphatic carbocycles. The molecule has 2 unspecified atom stereocenters. The van der Waals surface area contributed by atoms with Gasteiger partial charge in [0, 0.05) is 19.1 Å². The van der Waals surface area contributed by atoms with Gasteiger partial charge in [-0.2, -0.15) is 0 Å². The van der Waals surface area contributed by atoms with E-state index in [1.165, 1.54) is 0 Å². The number of aliphatic carboxylic acids is 1. The lowest BCUT2D eigenvalue weighted by atomic mass is 9.97. The van der Waals surface area contributed by atoms with Crippen LogP contribution in [0.15, 0.2) is 0 Å². The average molecular weight is 270 g/mol. The number of amides is 2. The minimum absolute atomic E-state index is 0.123. The minimum Gasteiger partial charge on any atom is -0.481 e. The number of hydrogen-bond acceptors (Lipinski definition) is 2. The molecule has 0 radical (unpaired) electrons. The fourth-order valence-corrected chi connectivity index (χ4v) is 2.55. The Morgan fingerprint density at radius 3 is 2.58 bits per heavy atom. The molecule has 1 fully saturated rings. The molecule has 2 atom stereocenters. The molecule has 0 aromatic carbocycles. The largest absolute Gasteiger partial charge is 0.481 e. The summed E-state index contributed by atoms with van der Waals surface area (Å²) in [5.41, 5.74) is 0. The fraction of sp³-hybridized carbons (Fsp3) is 0.857. The lowest BCUT2D eigenvalue weighted by molar-refractivity contribution is -0.142. The molecule has 1 aliphatic heterocycles. The number of carboxylic acid groups (broad SMARTS) is 1. The molecular formula is C14H26N2O3. The highest BCUT2D eigenvalue weighted by atomic mass is 16.4. The monoisotopic (exact) mass is 270 g/mol. The van der Waals surface area contributed by atoms with E-state index in [-0.39, 0.29) is 18.6 Å². The summed E-state index contributed by atoms with van der Waals surface area (Å²) in [6, 6.07) is 0.129. The first-order chi connectivity index (χ1) is 8.91. The molecule has 2 amide bonds. The van der Waals surface area contributed by atoms with Gasteiger partial charge in [0.1, 0.15) is 0 Å². The number of nitrogens with one attached hydrogen (secondary N) is 1. The minimum atomic E-state index is -0.833. The number of carbonyl (C=O) groups excluding carboxylic acids is 1. The van der Waals surface area contributed by atoms with Crippen LogP contribution in [0.5, 0.6) is 0 Å². The second kappa shape index (κ2) is 7.36. The van der Waals surface area contributed by atoms with Crippen LogP contribution in [-0.4, -0.2) is 41.1 Å². The Hall–Kier alpha value is -1.26.